The van der Waals surface area contributed by atoms with E-state index in [0.717, 1.165) is 12.8 Å². The molecular weight excluding hydrogens is 242 g/mol. The molecule has 0 aromatic rings. The van der Waals surface area contributed by atoms with Crippen molar-refractivity contribution < 1.29 is 14.3 Å². The molecule has 0 aliphatic carbocycles. The van der Waals surface area contributed by atoms with Gasteiger partial charge in [0.1, 0.15) is 0 Å². The van der Waals surface area contributed by atoms with E-state index in [1.165, 1.54) is 4.90 Å². The van der Waals surface area contributed by atoms with Gasteiger partial charge in [-0.1, -0.05) is 11.8 Å². The molecule has 0 saturated carbocycles. The first-order valence-electron chi connectivity index (χ1n) is 5.76. The molecular formula is C12H12ClNO3. The molecule has 2 amide bonds. The van der Waals surface area contributed by atoms with Crippen LogP contribution in [0.2, 0.25) is 0 Å². The lowest BCUT2D eigenvalue weighted by Gasteiger charge is -2.15. The van der Waals surface area contributed by atoms with E-state index in [1.54, 1.807) is 0 Å². The van der Waals surface area contributed by atoms with Crippen LogP contribution in [-0.4, -0.2) is 41.3 Å². The van der Waals surface area contributed by atoms with Gasteiger partial charge in [0.05, 0.1) is 36.5 Å². The number of ether oxygens (including phenoxy) is 1. The highest BCUT2D eigenvalue weighted by Gasteiger charge is 2.62. The van der Waals surface area contributed by atoms with E-state index < -0.39 is 0 Å². The highest BCUT2D eigenvalue weighted by Crippen LogP contribution is 2.48. The number of likely N-dealkylation sites (tertiary alicyclic amines) is 1. The number of carbonyl (C=O) groups is 2. The minimum Gasteiger partial charge on any atom is -0.373 e. The van der Waals surface area contributed by atoms with Gasteiger partial charge in [0.2, 0.25) is 11.8 Å². The number of rotatable bonds is 1. The zero-order valence-corrected chi connectivity index (χ0v) is 9.94. The summed E-state index contributed by atoms with van der Waals surface area (Å²) in [5.41, 5.74) is 0. The molecule has 3 aliphatic heterocycles. The number of nitrogens with zero attached hydrogens (tertiary/aromatic N) is 1. The third-order valence-corrected chi connectivity index (χ3v) is 3.94. The van der Waals surface area contributed by atoms with Crippen molar-refractivity contribution in [3.05, 3.63) is 0 Å². The minimum atomic E-state index is -0.251. The Balaban J connectivity index is 1.81. The van der Waals surface area contributed by atoms with Crippen LogP contribution in [0.15, 0.2) is 0 Å². The Morgan fingerprint density at radius 1 is 1.18 bits per heavy atom. The van der Waals surface area contributed by atoms with Crippen LogP contribution < -0.4 is 0 Å². The second-order valence-corrected chi connectivity index (χ2v) is 4.86. The number of alkyl halides is 1. The molecule has 0 radical (unpaired) electrons. The molecule has 5 heteroatoms. The van der Waals surface area contributed by atoms with Gasteiger partial charge >= 0.3 is 0 Å². The van der Waals surface area contributed by atoms with Crippen LogP contribution in [0.25, 0.3) is 0 Å². The lowest BCUT2D eigenvalue weighted by Crippen LogP contribution is -2.34. The predicted molar refractivity (Wildman–Crippen MR) is 60.1 cm³/mol. The van der Waals surface area contributed by atoms with E-state index >= 15 is 0 Å². The van der Waals surface area contributed by atoms with Crippen molar-refractivity contribution in [2.45, 2.75) is 25.0 Å². The van der Waals surface area contributed by atoms with E-state index in [9.17, 15) is 9.59 Å². The van der Waals surface area contributed by atoms with Crippen LogP contribution in [0.3, 0.4) is 0 Å². The minimum absolute atomic E-state index is 0.0487. The van der Waals surface area contributed by atoms with Crippen molar-refractivity contribution >= 4 is 23.4 Å². The monoisotopic (exact) mass is 253 g/mol. The number of hydrogen-bond donors (Lipinski definition) is 0. The first-order chi connectivity index (χ1) is 8.24. The molecule has 3 aliphatic rings. The summed E-state index contributed by atoms with van der Waals surface area (Å²) in [7, 11) is 0. The van der Waals surface area contributed by atoms with Crippen molar-refractivity contribution in [2.75, 3.05) is 12.4 Å². The van der Waals surface area contributed by atoms with Crippen LogP contribution in [0.1, 0.15) is 12.8 Å². The maximum Gasteiger partial charge on any atom is 0.236 e. The Morgan fingerprint density at radius 3 is 2.29 bits per heavy atom. The Kier molecular flexibility index (Phi) is 2.61. The summed E-state index contributed by atoms with van der Waals surface area (Å²) in [4.78, 5) is 25.5. The Bertz CT molecular complexity index is 411. The fourth-order valence-electron chi connectivity index (χ4n) is 3.11. The fourth-order valence-corrected chi connectivity index (χ4v) is 3.21. The summed E-state index contributed by atoms with van der Waals surface area (Å²) in [6, 6.07) is 0. The van der Waals surface area contributed by atoms with Gasteiger partial charge in [0, 0.05) is 0 Å². The molecule has 2 bridgehead atoms. The van der Waals surface area contributed by atoms with Crippen molar-refractivity contribution in [2.24, 2.45) is 11.8 Å². The number of amides is 2. The molecule has 0 N–H and O–H groups in total. The SMILES string of the molecule is O=C1[C@@H]2[C@H](C(=O)N1CC#CCCl)[C@H]1CC[C@H]2O1. The molecule has 0 aromatic heterocycles. The zero-order chi connectivity index (χ0) is 12.0. The van der Waals surface area contributed by atoms with Crippen LogP contribution >= 0.6 is 11.6 Å². The Hall–Kier alpha value is -1.05. The maximum absolute atomic E-state index is 12.1. The van der Waals surface area contributed by atoms with Crippen LogP contribution in [0.5, 0.6) is 0 Å². The third kappa shape index (κ3) is 1.50. The highest BCUT2D eigenvalue weighted by atomic mass is 35.5. The smallest absolute Gasteiger partial charge is 0.236 e. The van der Waals surface area contributed by atoms with Gasteiger partial charge in [-0.25, -0.2) is 0 Å². The molecule has 0 aromatic carbocycles. The quantitative estimate of drug-likeness (QED) is 0.386. The maximum atomic E-state index is 12.1. The second-order valence-electron chi connectivity index (χ2n) is 4.59. The number of halogens is 1. The molecule has 4 atom stereocenters. The molecule has 3 saturated heterocycles. The predicted octanol–water partition coefficient (Wildman–Crippen LogP) is 0.391. The average molecular weight is 254 g/mol. The van der Waals surface area contributed by atoms with Gasteiger partial charge in [0.15, 0.2) is 0 Å². The summed E-state index contributed by atoms with van der Waals surface area (Å²) in [5, 5.41) is 0. The molecule has 3 fully saturated rings. The third-order valence-electron chi connectivity index (χ3n) is 3.80. The first kappa shape index (κ1) is 11.1. The average Bonchev–Trinajstić information content (AvgIpc) is 2.97. The second kappa shape index (κ2) is 4.01. The van der Waals surface area contributed by atoms with Gasteiger partial charge in [-0.2, -0.15) is 0 Å². The summed E-state index contributed by atoms with van der Waals surface area (Å²) >= 11 is 5.43. The van der Waals surface area contributed by atoms with E-state index in [2.05, 4.69) is 11.8 Å². The fraction of sp³-hybridized carbons (Fsp3) is 0.667. The number of imide groups is 1. The number of fused-ring (bicyclic) bond motifs is 5. The van der Waals surface area contributed by atoms with Crippen LogP contribution in [0.4, 0.5) is 0 Å². The van der Waals surface area contributed by atoms with E-state index in [-0.39, 0.29) is 48.3 Å². The van der Waals surface area contributed by atoms with Crippen LogP contribution in [-0.2, 0) is 14.3 Å². The molecule has 3 heterocycles. The van der Waals surface area contributed by atoms with E-state index in [1.807, 2.05) is 0 Å². The van der Waals surface area contributed by atoms with Crippen molar-refractivity contribution in [1.82, 2.24) is 4.90 Å². The van der Waals surface area contributed by atoms with Gasteiger partial charge in [-0.05, 0) is 12.8 Å². The Morgan fingerprint density at radius 2 is 1.76 bits per heavy atom. The topological polar surface area (TPSA) is 46.6 Å². The van der Waals surface area contributed by atoms with E-state index in [4.69, 9.17) is 16.3 Å². The van der Waals surface area contributed by atoms with Gasteiger partial charge < -0.3 is 4.74 Å². The summed E-state index contributed by atoms with van der Waals surface area (Å²) < 4.78 is 5.63. The van der Waals surface area contributed by atoms with E-state index in [0.29, 0.717) is 0 Å². The molecule has 0 spiro atoms. The zero-order valence-electron chi connectivity index (χ0n) is 9.19. The lowest BCUT2D eigenvalue weighted by molar-refractivity contribution is -0.141. The molecule has 0 unspecified atom stereocenters. The highest BCUT2D eigenvalue weighted by molar-refractivity contribution is 6.19. The van der Waals surface area contributed by atoms with Gasteiger partial charge in [-0.3, -0.25) is 14.5 Å². The van der Waals surface area contributed by atoms with Crippen molar-refractivity contribution in [1.29, 1.82) is 0 Å². The summed E-state index contributed by atoms with van der Waals surface area (Å²) in [6.45, 7) is 0.164. The normalized spacial score (nSPS) is 38.3. The van der Waals surface area contributed by atoms with Gasteiger partial charge in [-0.15, -0.1) is 11.6 Å². The first-order valence-corrected chi connectivity index (χ1v) is 6.30. The number of carbonyl (C=O) groups excluding carboxylic acids is 2. The molecule has 90 valence electrons. The largest absolute Gasteiger partial charge is 0.373 e. The Labute approximate surface area is 104 Å². The molecule has 3 rings (SSSR count). The van der Waals surface area contributed by atoms with Crippen molar-refractivity contribution in [3.8, 4) is 11.8 Å². The number of hydrogen-bond acceptors (Lipinski definition) is 3. The molecule has 4 nitrogen and oxygen atoms in total. The summed E-state index contributed by atoms with van der Waals surface area (Å²) in [6.07, 6.45) is 1.69. The molecule has 17 heavy (non-hydrogen) atoms. The van der Waals surface area contributed by atoms with Crippen LogP contribution in [0, 0.1) is 23.7 Å². The van der Waals surface area contributed by atoms with Gasteiger partial charge in [0.25, 0.3) is 0 Å². The standard InChI is InChI=1S/C12H12ClNO3/c13-5-1-2-6-14-11(15)9-7-3-4-8(17-7)10(9)12(14)16/h7-10H,3-6H2/t7-,8-,9-,10+/m1/s1. The lowest BCUT2D eigenvalue weighted by atomic mass is 9.81. The van der Waals surface area contributed by atoms with Crippen molar-refractivity contribution in [3.63, 3.8) is 0 Å². The summed E-state index contributed by atoms with van der Waals surface area (Å²) in [5.74, 6) is 4.89.